The van der Waals surface area contributed by atoms with Crippen molar-refractivity contribution in [1.29, 1.82) is 0 Å². The molecule has 3 aromatic heterocycles. The van der Waals surface area contributed by atoms with Gasteiger partial charge < -0.3 is 9.88 Å². The summed E-state index contributed by atoms with van der Waals surface area (Å²) in [5, 5.41) is 4.51. The summed E-state index contributed by atoms with van der Waals surface area (Å²) in [7, 11) is -3.67. The molecule has 3 aliphatic rings. The first-order valence-corrected chi connectivity index (χ1v) is 18.1. The minimum absolute atomic E-state index is 0.0803. The number of fused-ring (bicyclic) bond motifs is 1. The Balaban J connectivity index is 0.000000712. The Morgan fingerprint density at radius 2 is 1.75 bits per heavy atom. The lowest BCUT2D eigenvalue weighted by Gasteiger charge is -2.47. The first-order chi connectivity index (χ1) is 20.7. The van der Waals surface area contributed by atoms with Crippen molar-refractivity contribution in [3.63, 3.8) is 0 Å². The van der Waals surface area contributed by atoms with Crippen LogP contribution in [-0.2, 0) is 23.1 Å². The van der Waals surface area contributed by atoms with Crippen molar-refractivity contribution < 1.29 is 17.8 Å². The summed E-state index contributed by atoms with van der Waals surface area (Å²) in [6.45, 7) is 13.8. The van der Waals surface area contributed by atoms with E-state index in [0.29, 0.717) is 48.8 Å². The predicted molar refractivity (Wildman–Crippen MR) is 173 cm³/mol. The molecule has 1 saturated heterocycles. The van der Waals surface area contributed by atoms with E-state index in [1.54, 1.807) is 0 Å². The molecule has 0 bridgehead atoms. The molecule has 44 heavy (non-hydrogen) atoms. The predicted octanol–water partition coefficient (Wildman–Crippen LogP) is 4.79. The number of H-pyrrole nitrogens is 1. The quantitative estimate of drug-likeness (QED) is 0.370. The van der Waals surface area contributed by atoms with Crippen molar-refractivity contribution in [2.45, 2.75) is 91.3 Å². The maximum Gasteiger partial charge on any atom is 0.261 e. The van der Waals surface area contributed by atoms with Gasteiger partial charge in [0, 0.05) is 65.0 Å². The molecule has 12 heteroatoms. The number of amides is 1. The monoisotopic (exact) mass is 643 g/mol. The Morgan fingerprint density at radius 3 is 2.34 bits per heavy atom. The molecule has 2 fully saturated rings. The van der Waals surface area contributed by atoms with Crippen LogP contribution in [0.25, 0.3) is 0 Å². The number of hydrogen-bond donors (Lipinski definition) is 2. The number of aryl methyl sites for hydroxylation is 3. The molecule has 240 valence electrons. The lowest BCUT2D eigenvalue weighted by atomic mass is 9.76. The van der Waals surface area contributed by atoms with Gasteiger partial charge in [0.1, 0.15) is 0 Å². The van der Waals surface area contributed by atoms with E-state index in [2.05, 4.69) is 46.5 Å². The lowest BCUT2D eigenvalue weighted by molar-refractivity contribution is 0.0262. The highest BCUT2D eigenvalue weighted by Gasteiger charge is 2.38. The zero-order chi connectivity index (χ0) is 31.9. The van der Waals surface area contributed by atoms with Gasteiger partial charge in [-0.3, -0.25) is 23.7 Å². The molecule has 6 rings (SSSR count). The molecule has 0 spiro atoms. The highest BCUT2D eigenvalue weighted by atomic mass is 32.2. The fourth-order valence-electron chi connectivity index (χ4n) is 7.28. The van der Waals surface area contributed by atoms with Gasteiger partial charge in [0.25, 0.3) is 21.6 Å². The molecule has 2 N–H and O–H groups in total. The maximum absolute atomic E-state index is 13.6. The number of aromatic amines is 1. The molecule has 2 aliphatic heterocycles. The van der Waals surface area contributed by atoms with Crippen LogP contribution in [-0.4, -0.2) is 75.4 Å². The first kappa shape index (κ1) is 32.6. The molecule has 0 aromatic carbocycles. The summed E-state index contributed by atoms with van der Waals surface area (Å²) in [6.07, 6.45) is 8.54. The van der Waals surface area contributed by atoms with Crippen molar-refractivity contribution in [2.75, 3.05) is 25.9 Å². The highest BCUT2D eigenvalue weighted by molar-refractivity contribution is 7.85. The molecule has 0 unspecified atom stereocenters. The standard InChI is InChI=1S/C31H41N5O2S.CH4O3S/c1-18-14-19(2)33-30(37)26(18)17-34-13-11-27-28(31(34)38)22(5)29(39-27)21(4)23-6-8-24(9-7-23)35-15-25(16-35)36-20(3)10-12-32-36;1-5(2,3)4/h10,12,14,21,23-25H,6-9,11,13,15-17H2,1-5H3,(H,33,37);1H3,(H,2,3,4)/t21-,23-,24-;/m1./s1. The number of thiophene rings is 1. The van der Waals surface area contributed by atoms with Crippen molar-refractivity contribution in [1.82, 2.24) is 24.6 Å². The minimum Gasteiger partial charge on any atom is -0.334 e. The molecular weight excluding hydrogens is 599 g/mol. The highest BCUT2D eigenvalue weighted by Crippen LogP contribution is 2.44. The second-order valence-electron chi connectivity index (χ2n) is 12.9. The molecule has 1 aliphatic carbocycles. The molecule has 5 heterocycles. The maximum atomic E-state index is 13.6. The second kappa shape index (κ2) is 12.9. The fourth-order valence-corrected chi connectivity index (χ4v) is 8.72. The normalized spacial score (nSPS) is 21.8. The van der Waals surface area contributed by atoms with Crippen LogP contribution in [0.2, 0.25) is 0 Å². The molecule has 1 atom stereocenters. The lowest BCUT2D eigenvalue weighted by Crippen LogP contribution is -2.54. The van der Waals surface area contributed by atoms with Gasteiger partial charge in [-0.25, -0.2) is 0 Å². The smallest absolute Gasteiger partial charge is 0.261 e. The number of carbonyl (C=O) groups is 1. The minimum atomic E-state index is -3.67. The Bertz CT molecular complexity index is 1670. The van der Waals surface area contributed by atoms with Gasteiger partial charge in [-0.15, -0.1) is 11.3 Å². The van der Waals surface area contributed by atoms with Gasteiger partial charge in [0.15, 0.2) is 0 Å². The first-order valence-electron chi connectivity index (χ1n) is 15.5. The number of likely N-dealkylation sites (tertiary alicyclic amines) is 1. The van der Waals surface area contributed by atoms with E-state index in [1.165, 1.54) is 46.7 Å². The fraction of sp³-hybridized carbons (Fsp3) is 0.594. The van der Waals surface area contributed by atoms with Crippen molar-refractivity contribution in [3.8, 4) is 0 Å². The van der Waals surface area contributed by atoms with E-state index in [-0.39, 0.29) is 11.5 Å². The summed E-state index contributed by atoms with van der Waals surface area (Å²) in [5.41, 5.74) is 5.76. The number of nitrogens with one attached hydrogen (secondary N) is 1. The van der Waals surface area contributed by atoms with Crippen molar-refractivity contribution in [3.05, 3.63) is 72.1 Å². The number of hydrogen-bond acceptors (Lipinski definition) is 7. The Kier molecular flexibility index (Phi) is 9.55. The van der Waals surface area contributed by atoms with Gasteiger partial charge in [0.2, 0.25) is 0 Å². The Labute approximate surface area is 264 Å². The van der Waals surface area contributed by atoms with Crippen LogP contribution in [0.3, 0.4) is 0 Å². The number of pyridine rings is 1. The van der Waals surface area contributed by atoms with E-state index in [9.17, 15) is 18.0 Å². The van der Waals surface area contributed by atoms with E-state index in [4.69, 9.17) is 4.55 Å². The number of carbonyl (C=O) groups excluding carboxylic acids is 1. The molecule has 1 amide bonds. The molecule has 0 radical (unpaired) electrons. The van der Waals surface area contributed by atoms with Crippen LogP contribution in [0.15, 0.2) is 23.1 Å². The van der Waals surface area contributed by atoms with Crippen molar-refractivity contribution >= 4 is 27.4 Å². The largest absolute Gasteiger partial charge is 0.334 e. The molecule has 1 saturated carbocycles. The second-order valence-corrected chi connectivity index (χ2v) is 15.5. The van der Waals surface area contributed by atoms with E-state index in [1.807, 2.05) is 42.3 Å². The van der Waals surface area contributed by atoms with E-state index < -0.39 is 10.1 Å². The summed E-state index contributed by atoms with van der Waals surface area (Å²) in [6, 6.07) is 5.31. The number of nitrogens with zero attached hydrogens (tertiary/aromatic N) is 4. The third-order valence-corrected chi connectivity index (χ3v) is 11.2. The zero-order valence-electron chi connectivity index (χ0n) is 26.6. The van der Waals surface area contributed by atoms with Crippen LogP contribution in [0, 0.1) is 33.6 Å². The van der Waals surface area contributed by atoms with Crippen LogP contribution < -0.4 is 5.56 Å². The molecule has 3 aromatic rings. The summed E-state index contributed by atoms with van der Waals surface area (Å²) in [4.78, 5) is 36.3. The summed E-state index contributed by atoms with van der Waals surface area (Å²) < 4.78 is 28.1. The average Bonchev–Trinajstić information content (AvgIpc) is 3.48. The van der Waals surface area contributed by atoms with Crippen LogP contribution in [0.5, 0.6) is 0 Å². The third kappa shape index (κ3) is 7.03. The van der Waals surface area contributed by atoms with Crippen LogP contribution in [0.1, 0.15) is 92.8 Å². The average molecular weight is 644 g/mol. The van der Waals surface area contributed by atoms with E-state index in [0.717, 1.165) is 36.3 Å². The summed E-state index contributed by atoms with van der Waals surface area (Å²) >= 11 is 1.87. The number of aromatic nitrogens is 3. The van der Waals surface area contributed by atoms with E-state index >= 15 is 0 Å². The zero-order valence-corrected chi connectivity index (χ0v) is 28.2. The van der Waals surface area contributed by atoms with Gasteiger partial charge in [0.05, 0.1) is 24.4 Å². The van der Waals surface area contributed by atoms with Crippen LogP contribution >= 0.6 is 11.3 Å². The SMILES string of the molecule is CS(=O)(=O)O.Cc1cc(C)c(CN2CCc3sc([C@H](C)[C@H]4CC[C@H](N5CC(n6nccc6C)C5)CC4)c(C)c3C2=O)c(=O)[nH]1. The van der Waals surface area contributed by atoms with Gasteiger partial charge in [-0.2, -0.15) is 13.5 Å². The van der Waals surface area contributed by atoms with Gasteiger partial charge in [-0.05, 0) is 88.5 Å². The summed E-state index contributed by atoms with van der Waals surface area (Å²) in [5.74, 6) is 1.23. The number of rotatable bonds is 6. The van der Waals surface area contributed by atoms with Gasteiger partial charge in [-0.1, -0.05) is 6.92 Å². The topological polar surface area (TPSA) is 129 Å². The van der Waals surface area contributed by atoms with Crippen LogP contribution in [0.4, 0.5) is 0 Å². The van der Waals surface area contributed by atoms with Gasteiger partial charge >= 0.3 is 0 Å². The van der Waals surface area contributed by atoms with Crippen molar-refractivity contribution in [2.24, 2.45) is 5.92 Å². The molecule has 10 nitrogen and oxygen atoms in total. The Hall–Kier alpha value is -2.80. The third-order valence-electron chi connectivity index (χ3n) is 9.69. The Morgan fingerprint density at radius 1 is 1.09 bits per heavy atom. The molecular formula is C32H45N5O5S2.